The number of pyridine rings is 1. The molecule has 3 aliphatic heterocycles. The van der Waals surface area contributed by atoms with Crippen LogP contribution in [0.4, 0.5) is 29.7 Å². The van der Waals surface area contributed by atoms with Crippen LogP contribution in [0.25, 0.3) is 37.1 Å². The molecule has 0 aliphatic carbocycles. The molecular weight excluding hydrogens is 629 g/mol. The minimum atomic E-state index is -0.951. The summed E-state index contributed by atoms with van der Waals surface area (Å²) in [6.45, 7) is 15.0. The number of nitrogen functional groups attached to an aromatic ring is 1. The molecule has 0 spiro atoms. The van der Waals surface area contributed by atoms with Gasteiger partial charge in [0, 0.05) is 49.7 Å². The third-order valence-corrected chi connectivity index (χ3v) is 11.1. The van der Waals surface area contributed by atoms with E-state index in [1.54, 1.807) is 4.90 Å². The van der Waals surface area contributed by atoms with E-state index >= 15 is 4.39 Å². The molecule has 1 aromatic carbocycles. The Labute approximate surface area is 273 Å². The van der Waals surface area contributed by atoms with E-state index in [0.29, 0.717) is 37.1 Å². The molecule has 0 bridgehead atoms. The molecule has 0 radical (unpaired) electrons. The summed E-state index contributed by atoms with van der Waals surface area (Å²) in [7, 11) is 1.82. The molecule has 2 N–H and O–H groups in total. The first-order valence-electron chi connectivity index (χ1n) is 15.5. The number of rotatable bonds is 7. The third-order valence-electron chi connectivity index (χ3n) is 10.0. The van der Waals surface area contributed by atoms with Gasteiger partial charge in [0.15, 0.2) is 5.82 Å². The van der Waals surface area contributed by atoms with Gasteiger partial charge in [0.25, 0.3) is 0 Å². The van der Waals surface area contributed by atoms with Gasteiger partial charge < -0.3 is 20.3 Å². The molecule has 244 valence electrons. The van der Waals surface area contributed by atoms with Crippen LogP contribution in [-0.4, -0.2) is 87.7 Å². The van der Waals surface area contributed by atoms with Crippen LogP contribution >= 0.6 is 11.3 Å². The Morgan fingerprint density at radius 2 is 2.15 bits per heavy atom. The number of likely N-dealkylation sites (N-methyl/N-ethyl adjacent to an activating group) is 1. The molecule has 3 aliphatic rings. The van der Waals surface area contributed by atoms with Crippen LogP contribution in [0.3, 0.4) is 0 Å². The number of carbonyl (C=O) groups excluding carboxylic acids is 1. The van der Waals surface area contributed by atoms with Gasteiger partial charge in [0.05, 0.1) is 33.2 Å². The molecule has 6 heterocycles. The van der Waals surface area contributed by atoms with Gasteiger partial charge in [-0.05, 0) is 44.9 Å². The van der Waals surface area contributed by atoms with E-state index in [1.807, 2.05) is 18.9 Å². The molecule has 47 heavy (non-hydrogen) atoms. The lowest BCUT2D eigenvalue weighted by molar-refractivity contribution is -0.126. The second kappa shape index (κ2) is 11.6. The van der Waals surface area contributed by atoms with Crippen molar-refractivity contribution >= 4 is 54.7 Å². The molecule has 1 amide bonds. The van der Waals surface area contributed by atoms with Crippen molar-refractivity contribution in [2.75, 3.05) is 43.9 Å². The number of carbonyl (C=O) groups is 1. The summed E-state index contributed by atoms with van der Waals surface area (Å²) < 4.78 is 52.4. The van der Waals surface area contributed by atoms with E-state index in [-0.39, 0.29) is 68.2 Å². The summed E-state index contributed by atoms with van der Waals surface area (Å²) in [4.78, 5) is 35.5. The number of nitrogens with zero attached hydrogens (tertiary/aromatic N) is 7. The number of anilines is 2. The first kappa shape index (κ1) is 31.1. The molecule has 3 aromatic heterocycles. The number of benzene rings is 1. The molecule has 0 saturated carbocycles. The van der Waals surface area contributed by atoms with Crippen LogP contribution in [0.2, 0.25) is 0 Å². The van der Waals surface area contributed by atoms with Gasteiger partial charge in [-0.15, -0.1) is 11.3 Å². The maximum Gasteiger partial charge on any atom is 0.319 e. The zero-order valence-electron chi connectivity index (χ0n) is 26.0. The normalized spacial score (nSPS) is 24.2. The number of thiophene rings is 1. The summed E-state index contributed by atoms with van der Waals surface area (Å²) in [5.41, 5.74) is 5.60. The van der Waals surface area contributed by atoms with Gasteiger partial charge in [-0.1, -0.05) is 12.6 Å². The lowest BCUT2D eigenvalue weighted by Crippen LogP contribution is -2.44. The zero-order valence-corrected chi connectivity index (χ0v) is 26.8. The van der Waals surface area contributed by atoms with Crippen LogP contribution < -0.4 is 15.4 Å². The number of nitrogens with two attached hydrogens (primary N) is 1. The van der Waals surface area contributed by atoms with Gasteiger partial charge in [-0.25, -0.2) is 18.0 Å². The number of alkyl halides is 1. The Morgan fingerprint density at radius 3 is 2.91 bits per heavy atom. The van der Waals surface area contributed by atoms with Crippen LogP contribution in [0.5, 0.6) is 6.01 Å². The van der Waals surface area contributed by atoms with E-state index < -0.39 is 23.3 Å². The highest BCUT2D eigenvalue weighted by Crippen LogP contribution is 2.47. The summed E-state index contributed by atoms with van der Waals surface area (Å²) in [5.74, 6) is -1.19. The summed E-state index contributed by atoms with van der Waals surface area (Å²) in [6, 6.07) is 2.13. The number of hydrogen-bond acceptors (Lipinski definition) is 9. The van der Waals surface area contributed by atoms with Crippen LogP contribution in [0, 0.1) is 18.2 Å². The van der Waals surface area contributed by atoms with E-state index in [4.69, 9.17) is 22.0 Å². The number of ether oxygens (including phenoxy) is 1. The van der Waals surface area contributed by atoms with Crippen molar-refractivity contribution < 1.29 is 22.7 Å². The number of hydrogen-bond donors (Lipinski definition) is 1. The summed E-state index contributed by atoms with van der Waals surface area (Å²) >= 11 is 0.922. The minimum absolute atomic E-state index is 0.0323. The summed E-state index contributed by atoms with van der Waals surface area (Å²) in [6.07, 6.45) is 4.48. The van der Waals surface area contributed by atoms with Gasteiger partial charge in [-0.3, -0.25) is 14.7 Å². The highest BCUT2D eigenvalue weighted by atomic mass is 32.1. The highest BCUT2D eigenvalue weighted by molar-refractivity contribution is 7.23. The molecule has 7 rings (SSSR count). The quantitative estimate of drug-likeness (QED) is 0.193. The largest absolute Gasteiger partial charge is 0.461 e. The second-order valence-corrected chi connectivity index (χ2v) is 13.6. The molecule has 3 saturated heterocycles. The molecule has 3 fully saturated rings. The van der Waals surface area contributed by atoms with Gasteiger partial charge >= 0.3 is 6.01 Å². The minimum Gasteiger partial charge on any atom is -0.461 e. The van der Waals surface area contributed by atoms with Crippen molar-refractivity contribution in [3.63, 3.8) is 0 Å². The fourth-order valence-corrected chi connectivity index (χ4v) is 8.64. The predicted molar refractivity (Wildman–Crippen MR) is 175 cm³/mol. The number of halogens is 3. The fourth-order valence-electron chi connectivity index (χ4n) is 7.70. The first-order chi connectivity index (χ1) is 22.6. The highest BCUT2D eigenvalue weighted by Gasteiger charge is 2.49. The van der Waals surface area contributed by atoms with E-state index in [0.717, 1.165) is 30.7 Å². The Hall–Kier alpha value is -4.48. The zero-order chi connectivity index (χ0) is 33.2. The van der Waals surface area contributed by atoms with E-state index in [1.165, 1.54) is 24.4 Å². The molecule has 10 nitrogen and oxygen atoms in total. The van der Waals surface area contributed by atoms with Crippen molar-refractivity contribution in [1.82, 2.24) is 24.8 Å². The molecule has 14 heteroatoms. The number of likely N-dealkylation sites (tertiary alicyclic amines) is 1. The fraction of sp³-hybridized carbons (Fsp3) is 0.424. The lowest BCUT2D eigenvalue weighted by atomic mass is 9.95. The van der Waals surface area contributed by atoms with E-state index in [2.05, 4.69) is 26.3 Å². The van der Waals surface area contributed by atoms with Crippen LogP contribution in [-0.2, 0) is 4.79 Å². The van der Waals surface area contributed by atoms with Gasteiger partial charge in [0.2, 0.25) is 11.6 Å². The molecule has 4 aromatic rings. The molecule has 4 atom stereocenters. The van der Waals surface area contributed by atoms with E-state index in [9.17, 15) is 13.6 Å². The number of fused-ring (bicyclic) bond motifs is 3. The maximum atomic E-state index is 16.8. The Balaban J connectivity index is 1.35. The number of aromatic nitrogens is 3. The van der Waals surface area contributed by atoms with Crippen molar-refractivity contribution in [2.45, 2.75) is 56.4 Å². The van der Waals surface area contributed by atoms with Crippen molar-refractivity contribution in [3.8, 4) is 17.3 Å². The van der Waals surface area contributed by atoms with Crippen molar-refractivity contribution in [3.05, 3.63) is 54.0 Å². The summed E-state index contributed by atoms with van der Waals surface area (Å²) in [5, 5.41) is 0.618. The topological polar surface area (TPSA) is 105 Å². The third kappa shape index (κ3) is 4.94. The SMILES string of the molecule is [C-]#[N+]c1c(N)sc2c(F)ccc(-c3ncc4c(N(C)[C@@H]5CCN(C(=O)C=C)[C@@H]5C)nc(OC[C@@]56CCCN5C[C@H](F)C6)nc4c3F)c12. The lowest BCUT2D eigenvalue weighted by Gasteiger charge is -2.32. The van der Waals surface area contributed by atoms with Crippen molar-refractivity contribution in [1.29, 1.82) is 0 Å². The van der Waals surface area contributed by atoms with Crippen molar-refractivity contribution in [2.24, 2.45) is 0 Å². The second-order valence-electron chi connectivity index (χ2n) is 12.5. The van der Waals surface area contributed by atoms with Crippen LogP contribution in [0.1, 0.15) is 32.6 Å². The standard InChI is InChI=1S/C33H33F3N8O2S/c1-5-23(45)44-12-9-22(17(44)2)42(4)31-20-14-39-26(19-7-8-21(35)29-24(19)28(38-3)30(37)47-29)25(36)27(20)40-32(41-31)46-16-33-10-6-11-43(33)15-18(34)13-33/h5,7-8,14,17-18,22H,1,6,9-13,15-16,37H2,2,4H3/t17-,18-,22-,33+/m1/s1. The Morgan fingerprint density at radius 1 is 1.34 bits per heavy atom. The Kier molecular flexibility index (Phi) is 7.71. The van der Waals surface area contributed by atoms with Crippen LogP contribution in [0.15, 0.2) is 31.0 Å². The van der Waals surface area contributed by atoms with Gasteiger partial charge in [-0.2, -0.15) is 9.97 Å². The molecular formula is C33H33F3N8O2S. The number of amides is 1. The Bertz CT molecular complexity index is 1980. The molecule has 0 unspecified atom stereocenters. The smallest absolute Gasteiger partial charge is 0.319 e. The average Bonchev–Trinajstić information content (AvgIpc) is 3.80. The van der Waals surface area contributed by atoms with Gasteiger partial charge in [0.1, 0.15) is 35.6 Å². The maximum absolute atomic E-state index is 16.8. The predicted octanol–water partition coefficient (Wildman–Crippen LogP) is 5.88. The first-order valence-corrected chi connectivity index (χ1v) is 16.3. The average molecular weight is 663 g/mol. The monoisotopic (exact) mass is 662 g/mol.